The number of ether oxygens (including phenoxy) is 1. The number of rotatable bonds is 4. The van der Waals surface area contributed by atoms with E-state index >= 15 is 0 Å². The topological polar surface area (TPSA) is 54.5 Å². The van der Waals surface area contributed by atoms with Gasteiger partial charge in [-0.2, -0.15) is 13.2 Å². The van der Waals surface area contributed by atoms with E-state index in [1.54, 1.807) is 35.4 Å². The zero-order chi connectivity index (χ0) is 23.6. The number of carbonyl (C=O) groups is 1. The van der Waals surface area contributed by atoms with E-state index in [9.17, 15) is 18.0 Å². The molecule has 0 bridgehead atoms. The summed E-state index contributed by atoms with van der Waals surface area (Å²) in [6.07, 6.45) is -3.40. The van der Waals surface area contributed by atoms with Gasteiger partial charge in [-0.3, -0.25) is 9.78 Å². The van der Waals surface area contributed by atoms with Crippen molar-refractivity contribution < 1.29 is 22.7 Å². The second kappa shape index (κ2) is 9.23. The van der Waals surface area contributed by atoms with E-state index in [0.717, 1.165) is 11.6 Å². The van der Waals surface area contributed by atoms with Gasteiger partial charge in [0.05, 0.1) is 34.8 Å². The molecule has 0 radical (unpaired) electrons. The quantitative estimate of drug-likeness (QED) is 0.554. The third kappa shape index (κ3) is 5.17. The zero-order valence-electron chi connectivity index (χ0n) is 18.3. The molecule has 1 fully saturated rings. The Morgan fingerprint density at radius 3 is 2.42 bits per heavy atom. The number of carbonyl (C=O) groups excluding carboxylic acids is 1. The van der Waals surface area contributed by atoms with E-state index < -0.39 is 17.6 Å². The maximum atomic E-state index is 13.9. The van der Waals surface area contributed by atoms with Crippen LogP contribution in [0.3, 0.4) is 0 Å². The highest BCUT2D eigenvalue weighted by molar-refractivity contribution is 6.06. The summed E-state index contributed by atoms with van der Waals surface area (Å²) in [6, 6.07) is 16.1. The van der Waals surface area contributed by atoms with Gasteiger partial charge in [0.25, 0.3) is 5.91 Å². The Morgan fingerprint density at radius 1 is 1.03 bits per heavy atom. The first-order valence-corrected chi connectivity index (χ1v) is 10.7. The first-order chi connectivity index (χ1) is 15.7. The molecule has 2 heterocycles. The predicted octanol–water partition coefficient (Wildman–Crippen LogP) is 5.63. The highest BCUT2D eigenvalue weighted by atomic mass is 19.4. The van der Waals surface area contributed by atoms with Gasteiger partial charge in [-0.25, -0.2) is 0 Å². The molecular formula is C25H24F3N3O2. The predicted molar refractivity (Wildman–Crippen MR) is 121 cm³/mol. The highest BCUT2D eigenvalue weighted by Crippen LogP contribution is 2.42. The number of anilines is 2. The van der Waals surface area contributed by atoms with Crippen LogP contribution in [0.5, 0.6) is 0 Å². The average molecular weight is 455 g/mol. The molecule has 33 heavy (non-hydrogen) atoms. The van der Waals surface area contributed by atoms with Crippen LogP contribution in [0.4, 0.5) is 24.5 Å². The van der Waals surface area contributed by atoms with E-state index in [-0.39, 0.29) is 36.7 Å². The molecule has 2 unspecified atom stereocenters. The summed E-state index contributed by atoms with van der Waals surface area (Å²) in [7, 11) is 0. The molecule has 2 atom stereocenters. The van der Waals surface area contributed by atoms with Crippen molar-refractivity contribution in [1.82, 2.24) is 4.98 Å². The maximum absolute atomic E-state index is 13.9. The van der Waals surface area contributed by atoms with Crippen LogP contribution in [0.25, 0.3) is 11.3 Å². The maximum Gasteiger partial charge on any atom is 0.418 e. The summed E-state index contributed by atoms with van der Waals surface area (Å²) in [5.74, 6) is -0.497. The van der Waals surface area contributed by atoms with Crippen LogP contribution in [-0.2, 0) is 10.9 Å². The molecule has 0 spiro atoms. The van der Waals surface area contributed by atoms with Crippen molar-refractivity contribution in [3.8, 4) is 11.3 Å². The van der Waals surface area contributed by atoms with Gasteiger partial charge in [0.2, 0.25) is 0 Å². The number of benzene rings is 2. The molecule has 4 rings (SSSR count). The molecule has 1 amide bonds. The van der Waals surface area contributed by atoms with Gasteiger partial charge in [0.1, 0.15) is 0 Å². The number of nitrogens with zero attached hydrogens (tertiary/aromatic N) is 2. The second-order valence-corrected chi connectivity index (χ2v) is 8.11. The number of alkyl halides is 3. The Hall–Kier alpha value is -3.39. The molecule has 1 aliphatic rings. The normalized spacial score (nSPS) is 18.8. The molecule has 0 aliphatic carbocycles. The van der Waals surface area contributed by atoms with E-state index in [1.807, 2.05) is 32.0 Å². The van der Waals surface area contributed by atoms with Crippen LogP contribution in [-0.4, -0.2) is 36.2 Å². The number of aromatic nitrogens is 1. The number of pyridine rings is 1. The zero-order valence-corrected chi connectivity index (χ0v) is 18.3. The molecule has 0 saturated carbocycles. The van der Waals surface area contributed by atoms with E-state index in [1.165, 1.54) is 12.1 Å². The molecule has 172 valence electrons. The fourth-order valence-corrected chi connectivity index (χ4v) is 4.12. The van der Waals surface area contributed by atoms with Crippen LogP contribution in [0.15, 0.2) is 66.9 Å². The van der Waals surface area contributed by atoms with Crippen LogP contribution in [0, 0.1) is 0 Å². The summed E-state index contributed by atoms with van der Waals surface area (Å²) >= 11 is 0. The van der Waals surface area contributed by atoms with Crippen molar-refractivity contribution in [3.05, 3.63) is 78.0 Å². The Kier molecular flexibility index (Phi) is 6.37. The molecule has 8 heteroatoms. The molecule has 2 aromatic carbocycles. The van der Waals surface area contributed by atoms with Crippen molar-refractivity contribution in [3.63, 3.8) is 0 Å². The third-order valence-electron chi connectivity index (χ3n) is 5.41. The lowest BCUT2D eigenvalue weighted by atomic mass is 10.1. The number of halogens is 3. The average Bonchev–Trinajstić information content (AvgIpc) is 2.78. The molecule has 1 N–H and O–H groups in total. The van der Waals surface area contributed by atoms with Gasteiger partial charge < -0.3 is 15.0 Å². The van der Waals surface area contributed by atoms with E-state index in [4.69, 9.17) is 4.74 Å². The molecule has 3 aromatic rings. The summed E-state index contributed by atoms with van der Waals surface area (Å²) in [5, 5.41) is 2.70. The van der Waals surface area contributed by atoms with Crippen LogP contribution in [0.1, 0.15) is 29.8 Å². The lowest BCUT2D eigenvalue weighted by Gasteiger charge is -2.38. The third-order valence-corrected chi connectivity index (χ3v) is 5.41. The van der Waals surface area contributed by atoms with Gasteiger partial charge in [0, 0.05) is 30.4 Å². The Bertz CT molecular complexity index is 1130. The number of para-hydroxylation sites is 1. The standard InChI is InChI=1S/C25H24F3N3O2/c1-16-14-31(15-17(2)33-16)23-20(25(26,27)28)9-6-11-22(23)30-24(32)19-8-5-7-18(13-19)21-10-3-4-12-29-21/h3-13,16-17H,14-15H2,1-2H3,(H,30,32). The lowest BCUT2D eigenvalue weighted by molar-refractivity contribution is -0.137. The van der Waals surface area contributed by atoms with Gasteiger partial charge in [-0.15, -0.1) is 0 Å². The van der Waals surface area contributed by atoms with Crippen molar-refractivity contribution in [2.75, 3.05) is 23.3 Å². The van der Waals surface area contributed by atoms with Crippen molar-refractivity contribution in [2.45, 2.75) is 32.2 Å². The number of amides is 1. The minimum Gasteiger partial charge on any atom is -0.372 e. The number of hydrogen-bond donors (Lipinski definition) is 1. The molecule has 1 aliphatic heterocycles. The lowest BCUT2D eigenvalue weighted by Crippen LogP contribution is -2.46. The Labute approximate surface area is 190 Å². The molecular weight excluding hydrogens is 431 g/mol. The van der Waals surface area contributed by atoms with Crippen molar-refractivity contribution in [2.24, 2.45) is 0 Å². The second-order valence-electron chi connectivity index (χ2n) is 8.11. The summed E-state index contributed by atoms with van der Waals surface area (Å²) in [4.78, 5) is 19.0. The minimum absolute atomic E-state index is 0.0405. The molecule has 1 saturated heterocycles. The first kappa shape index (κ1) is 22.8. The molecule has 1 aromatic heterocycles. The number of nitrogens with one attached hydrogen (secondary N) is 1. The minimum atomic E-state index is -4.57. The first-order valence-electron chi connectivity index (χ1n) is 10.7. The monoisotopic (exact) mass is 455 g/mol. The Morgan fingerprint density at radius 2 is 1.76 bits per heavy atom. The van der Waals surface area contributed by atoms with Crippen molar-refractivity contribution in [1.29, 1.82) is 0 Å². The van der Waals surface area contributed by atoms with Crippen molar-refractivity contribution >= 4 is 17.3 Å². The smallest absolute Gasteiger partial charge is 0.372 e. The Balaban J connectivity index is 1.69. The summed E-state index contributed by atoms with van der Waals surface area (Å²) in [6.45, 7) is 4.21. The summed E-state index contributed by atoms with van der Waals surface area (Å²) < 4.78 is 47.4. The van der Waals surface area contributed by atoms with Gasteiger partial charge in [-0.05, 0) is 50.2 Å². The van der Waals surface area contributed by atoms with Gasteiger partial charge in [-0.1, -0.05) is 24.3 Å². The summed E-state index contributed by atoms with van der Waals surface area (Å²) in [5.41, 5.74) is 1.04. The van der Waals surface area contributed by atoms with Gasteiger partial charge in [0.15, 0.2) is 0 Å². The van der Waals surface area contributed by atoms with Crippen LogP contribution >= 0.6 is 0 Å². The number of hydrogen-bond acceptors (Lipinski definition) is 4. The SMILES string of the molecule is CC1CN(c2c(NC(=O)c3cccc(-c4ccccn4)c3)cccc2C(F)(F)F)CC(C)O1. The molecule has 5 nitrogen and oxygen atoms in total. The van der Waals surface area contributed by atoms with E-state index in [0.29, 0.717) is 11.3 Å². The van der Waals surface area contributed by atoms with Crippen LogP contribution < -0.4 is 10.2 Å². The highest BCUT2D eigenvalue weighted by Gasteiger charge is 2.38. The number of morpholine rings is 1. The largest absolute Gasteiger partial charge is 0.418 e. The van der Waals surface area contributed by atoms with Crippen LogP contribution in [0.2, 0.25) is 0 Å². The van der Waals surface area contributed by atoms with E-state index in [2.05, 4.69) is 10.3 Å². The fraction of sp³-hybridized carbons (Fsp3) is 0.280. The van der Waals surface area contributed by atoms with Gasteiger partial charge >= 0.3 is 6.18 Å². The fourth-order valence-electron chi connectivity index (χ4n) is 4.12.